The van der Waals surface area contributed by atoms with Crippen LogP contribution in [0.5, 0.6) is 5.75 Å². The number of methoxy groups -OCH3 is 1. The molecule has 0 radical (unpaired) electrons. The minimum absolute atomic E-state index is 0.0598. The summed E-state index contributed by atoms with van der Waals surface area (Å²) < 4.78 is 6.49. The van der Waals surface area contributed by atoms with Crippen molar-refractivity contribution in [3.63, 3.8) is 0 Å². The molecule has 27 heavy (non-hydrogen) atoms. The lowest BCUT2D eigenvalue weighted by atomic mass is 10.1. The Hall–Kier alpha value is -2.60. The van der Waals surface area contributed by atoms with Gasteiger partial charge in [-0.2, -0.15) is 0 Å². The second-order valence-electron chi connectivity index (χ2n) is 6.88. The van der Waals surface area contributed by atoms with E-state index in [0.717, 1.165) is 23.7 Å². The summed E-state index contributed by atoms with van der Waals surface area (Å²) >= 11 is 1.75. The number of anilines is 1. The molecule has 0 atom stereocenters. The monoisotopic (exact) mass is 381 g/mol. The zero-order chi connectivity index (χ0) is 19.0. The van der Waals surface area contributed by atoms with Gasteiger partial charge in [0.2, 0.25) is 0 Å². The molecule has 0 N–H and O–H groups in total. The van der Waals surface area contributed by atoms with Crippen LogP contribution in [0.25, 0.3) is 10.2 Å². The number of aromatic nitrogens is 1. The molecule has 4 rings (SSSR count). The van der Waals surface area contributed by atoms with E-state index in [9.17, 15) is 4.79 Å². The van der Waals surface area contributed by atoms with Crippen LogP contribution >= 0.6 is 11.3 Å². The van der Waals surface area contributed by atoms with Gasteiger partial charge in [0.15, 0.2) is 5.13 Å². The molecule has 1 aliphatic heterocycles. The van der Waals surface area contributed by atoms with Crippen LogP contribution in [0, 0.1) is 13.8 Å². The number of rotatable bonds is 3. The van der Waals surface area contributed by atoms with Crippen molar-refractivity contribution in [2.75, 3.05) is 38.2 Å². The fourth-order valence-corrected chi connectivity index (χ4v) is 4.59. The molecule has 1 aliphatic rings. The average Bonchev–Trinajstić information content (AvgIpc) is 3.17. The number of ether oxygens (including phenoxy) is 1. The number of hydrogen-bond donors (Lipinski definition) is 0. The molecular weight excluding hydrogens is 358 g/mol. The van der Waals surface area contributed by atoms with E-state index in [2.05, 4.69) is 30.9 Å². The van der Waals surface area contributed by atoms with Gasteiger partial charge in [0.25, 0.3) is 5.91 Å². The van der Waals surface area contributed by atoms with Gasteiger partial charge in [-0.25, -0.2) is 4.98 Å². The summed E-state index contributed by atoms with van der Waals surface area (Å²) in [4.78, 5) is 21.9. The van der Waals surface area contributed by atoms with Crippen molar-refractivity contribution in [3.05, 3.63) is 53.1 Å². The average molecular weight is 382 g/mol. The van der Waals surface area contributed by atoms with Gasteiger partial charge in [-0.1, -0.05) is 29.5 Å². The number of nitrogens with zero attached hydrogens (tertiary/aromatic N) is 3. The Morgan fingerprint density at radius 2 is 1.81 bits per heavy atom. The van der Waals surface area contributed by atoms with Crippen molar-refractivity contribution in [2.24, 2.45) is 0 Å². The van der Waals surface area contributed by atoms with Crippen molar-refractivity contribution >= 4 is 32.6 Å². The first-order valence-corrected chi connectivity index (χ1v) is 9.93. The second kappa shape index (κ2) is 7.19. The highest BCUT2D eigenvalue weighted by atomic mass is 32.1. The number of carbonyl (C=O) groups is 1. The highest BCUT2D eigenvalue weighted by Gasteiger charge is 2.24. The van der Waals surface area contributed by atoms with Gasteiger partial charge >= 0.3 is 0 Å². The molecule has 1 aromatic heterocycles. The van der Waals surface area contributed by atoms with Gasteiger partial charge in [-0.3, -0.25) is 4.79 Å². The Balaban J connectivity index is 1.48. The maximum Gasteiger partial charge on any atom is 0.254 e. The smallest absolute Gasteiger partial charge is 0.254 e. The van der Waals surface area contributed by atoms with Crippen LogP contribution in [0.4, 0.5) is 5.13 Å². The summed E-state index contributed by atoms with van der Waals surface area (Å²) in [5.74, 6) is 0.768. The van der Waals surface area contributed by atoms with Gasteiger partial charge in [0.05, 0.1) is 17.3 Å². The standard InChI is InChI=1S/C21H23N3O2S/c1-14-7-8-15(2)19-18(14)22-21(27-19)24-11-9-23(10-12-24)20(25)16-5-4-6-17(13-16)26-3/h4-8,13H,9-12H2,1-3H3. The Bertz CT molecular complexity index is 951. The molecule has 0 spiro atoms. The van der Waals surface area contributed by atoms with Crippen molar-refractivity contribution < 1.29 is 9.53 Å². The molecule has 5 nitrogen and oxygen atoms in total. The lowest BCUT2D eigenvalue weighted by Crippen LogP contribution is -2.48. The van der Waals surface area contributed by atoms with E-state index in [4.69, 9.17) is 9.72 Å². The van der Waals surface area contributed by atoms with E-state index < -0.39 is 0 Å². The Morgan fingerprint density at radius 3 is 2.52 bits per heavy atom. The number of aryl methyl sites for hydroxylation is 2. The quantitative estimate of drug-likeness (QED) is 0.691. The first-order chi connectivity index (χ1) is 13.1. The summed E-state index contributed by atoms with van der Waals surface area (Å²) in [6.45, 7) is 7.24. The van der Waals surface area contributed by atoms with Gasteiger partial charge in [0.1, 0.15) is 5.75 Å². The Morgan fingerprint density at radius 1 is 1.07 bits per heavy atom. The largest absolute Gasteiger partial charge is 0.497 e. The van der Waals surface area contributed by atoms with Crippen molar-refractivity contribution in [1.82, 2.24) is 9.88 Å². The molecule has 0 saturated carbocycles. The van der Waals surface area contributed by atoms with Gasteiger partial charge in [-0.05, 0) is 43.2 Å². The lowest BCUT2D eigenvalue weighted by Gasteiger charge is -2.34. The molecule has 1 saturated heterocycles. The third-order valence-electron chi connectivity index (χ3n) is 5.08. The zero-order valence-electron chi connectivity index (χ0n) is 15.9. The van der Waals surface area contributed by atoms with Crippen LogP contribution in [0.2, 0.25) is 0 Å². The zero-order valence-corrected chi connectivity index (χ0v) is 16.7. The molecule has 1 amide bonds. The predicted octanol–water partition coefficient (Wildman–Crippen LogP) is 3.88. The van der Waals surface area contributed by atoms with Crippen LogP contribution in [0.3, 0.4) is 0 Å². The molecule has 6 heteroatoms. The first-order valence-electron chi connectivity index (χ1n) is 9.12. The third kappa shape index (κ3) is 3.37. The maximum absolute atomic E-state index is 12.8. The normalized spacial score (nSPS) is 14.6. The van der Waals surface area contributed by atoms with Crippen LogP contribution in [0.15, 0.2) is 36.4 Å². The number of benzene rings is 2. The van der Waals surface area contributed by atoms with E-state index in [0.29, 0.717) is 24.4 Å². The predicted molar refractivity (Wildman–Crippen MR) is 110 cm³/mol. The highest BCUT2D eigenvalue weighted by molar-refractivity contribution is 7.22. The van der Waals surface area contributed by atoms with E-state index in [1.165, 1.54) is 15.8 Å². The number of thiazole rings is 1. The van der Waals surface area contributed by atoms with Crippen molar-refractivity contribution in [1.29, 1.82) is 0 Å². The Labute approximate surface area is 163 Å². The molecule has 3 aromatic rings. The van der Waals surface area contributed by atoms with E-state index in [-0.39, 0.29) is 5.91 Å². The highest BCUT2D eigenvalue weighted by Crippen LogP contribution is 2.33. The summed E-state index contributed by atoms with van der Waals surface area (Å²) in [6, 6.07) is 11.6. The fraction of sp³-hybridized carbons (Fsp3) is 0.333. The number of hydrogen-bond acceptors (Lipinski definition) is 5. The molecule has 0 unspecified atom stereocenters. The van der Waals surface area contributed by atoms with Crippen LogP contribution in [-0.2, 0) is 0 Å². The SMILES string of the molecule is COc1cccc(C(=O)N2CCN(c3nc4c(C)ccc(C)c4s3)CC2)c1. The maximum atomic E-state index is 12.8. The van der Waals surface area contributed by atoms with E-state index in [1.54, 1.807) is 24.5 Å². The molecule has 140 valence electrons. The fourth-order valence-electron chi connectivity index (χ4n) is 3.42. The molecule has 2 heterocycles. The van der Waals surface area contributed by atoms with Gasteiger partial charge in [0, 0.05) is 31.7 Å². The summed E-state index contributed by atoms with van der Waals surface area (Å²) in [6.07, 6.45) is 0. The lowest BCUT2D eigenvalue weighted by molar-refractivity contribution is 0.0746. The van der Waals surface area contributed by atoms with Crippen molar-refractivity contribution in [3.8, 4) is 5.75 Å². The van der Waals surface area contributed by atoms with E-state index >= 15 is 0 Å². The topological polar surface area (TPSA) is 45.7 Å². The molecule has 2 aromatic carbocycles. The van der Waals surface area contributed by atoms with Crippen LogP contribution < -0.4 is 9.64 Å². The molecule has 0 bridgehead atoms. The minimum atomic E-state index is 0.0598. The van der Waals surface area contributed by atoms with Crippen LogP contribution in [0.1, 0.15) is 21.5 Å². The molecular formula is C21H23N3O2S. The molecule has 1 fully saturated rings. The number of piperazine rings is 1. The molecule has 0 aliphatic carbocycles. The summed E-state index contributed by atoms with van der Waals surface area (Å²) in [7, 11) is 1.61. The second-order valence-corrected chi connectivity index (χ2v) is 7.86. The van der Waals surface area contributed by atoms with Crippen molar-refractivity contribution in [2.45, 2.75) is 13.8 Å². The van der Waals surface area contributed by atoms with Gasteiger partial charge in [-0.15, -0.1) is 0 Å². The third-order valence-corrected chi connectivity index (χ3v) is 6.34. The number of amides is 1. The van der Waals surface area contributed by atoms with E-state index in [1.807, 2.05) is 23.1 Å². The van der Waals surface area contributed by atoms with Gasteiger partial charge < -0.3 is 14.5 Å². The summed E-state index contributed by atoms with van der Waals surface area (Å²) in [5, 5.41) is 1.05. The minimum Gasteiger partial charge on any atom is -0.497 e. The number of carbonyl (C=O) groups excluding carboxylic acids is 1. The van der Waals surface area contributed by atoms with Crippen LogP contribution in [-0.4, -0.2) is 49.1 Å². The summed E-state index contributed by atoms with van der Waals surface area (Å²) in [5.41, 5.74) is 4.26. The first kappa shape index (κ1) is 17.8. The Kier molecular flexibility index (Phi) is 4.74. The number of fused-ring (bicyclic) bond motifs is 1.